The van der Waals surface area contributed by atoms with Crippen molar-refractivity contribution in [3.8, 4) is 0 Å². The molecule has 0 bridgehead atoms. The van der Waals surface area contributed by atoms with Crippen LogP contribution in [0.5, 0.6) is 0 Å². The molecule has 0 amide bonds. The standard InChI is InChI=1S/C11H15FN2S/c1-2-7-13-11(15)14-8-9-3-5-10(12)6-4-9/h3-6H,2,7-8H2,1H3,(H2,13,14,15). The second kappa shape index (κ2) is 6.35. The van der Waals surface area contributed by atoms with Gasteiger partial charge in [-0.15, -0.1) is 0 Å². The lowest BCUT2D eigenvalue weighted by atomic mass is 10.2. The fraction of sp³-hybridized carbons (Fsp3) is 0.364. The number of nitrogens with one attached hydrogen (secondary N) is 2. The Labute approximate surface area is 94.9 Å². The quantitative estimate of drug-likeness (QED) is 0.770. The van der Waals surface area contributed by atoms with Crippen molar-refractivity contribution in [1.29, 1.82) is 0 Å². The zero-order valence-electron chi connectivity index (χ0n) is 8.72. The maximum absolute atomic E-state index is 12.6. The number of thiocarbonyl (C=S) groups is 1. The minimum atomic E-state index is -0.217. The van der Waals surface area contributed by atoms with E-state index in [1.165, 1.54) is 12.1 Å². The molecule has 0 aliphatic carbocycles. The molecule has 2 nitrogen and oxygen atoms in total. The van der Waals surface area contributed by atoms with Gasteiger partial charge >= 0.3 is 0 Å². The average Bonchev–Trinajstić information content (AvgIpc) is 2.25. The summed E-state index contributed by atoms with van der Waals surface area (Å²) >= 11 is 5.05. The number of halogens is 1. The Balaban J connectivity index is 2.30. The molecule has 0 aliphatic rings. The molecule has 15 heavy (non-hydrogen) atoms. The van der Waals surface area contributed by atoms with Gasteiger partial charge in [0.15, 0.2) is 5.11 Å². The van der Waals surface area contributed by atoms with Gasteiger partial charge in [-0.1, -0.05) is 19.1 Å². The van der Waals surface area contributed by atoms with Crippen LogP contribution in [-0.2, 0) is 6.54 Å². The van der Waals surface area contributed by atoms with Gasteiger partial charge in [0.2, 0.25) is 0 Å². The van der Waals surface area contributed by atoms with E-state index in [4.69, 9.17) is 12.2 Å². The predicted molar refractivity (Wildman–Crippen MR) is 64.1 cm³/mol. The summed E-state index contributed by atoms with van der Waals surface area (Å²) in [7, 11) is 0. The van der Waals surface area contributed by atoms with Gasteiger partial charge in [0.1, 0.15) is 5.82 Å². The van der Waals surface area contributed by atoms with Crippen molar-refractivity contribution < 1.29 is 4.39 Å². The highest BCUT2D eigenvalue weighted by atomic mass is 32.1. The highest BCUT2D eigenvalue weighted by Gasteiger charge is 1.95. The molecule has 0 heterocycles. The van der Waals surface area contributed by atoms with Gasteiger partial charge in [0, 0.05) is 13.1 Å². The smallest absolute Gasteiger partial charge is 0.166 e. The van der Waals surface area contributed by atoms with Crippen molar-refractivity contribution in [3.05, 3.63) is 35.6 Å². The third kappa shape index (κ3) is 4.74. The topological polar surface area (TPSA) is 24.1 Å². The Kier molecular flexibility index (Phi) is 5.04. The van der Waals surface area contributed by atoms with Gasteiger partial charge in [-0.3, -0.25) is 0 Å². The van der Waals surface area contributed by atoms with Crippen molar-refractivity contribution in [2.75, 3.05) is 6.54 Å². The van der Waals surface area contributed by atoms with Crippen LogP contribution >= 0.6 is 12.2 Å². The summed E-state index contributed by atoms with van der Waals surface area (Å²) in [5.41, 5.74) is 1.01. The largest absolute Gasteiger partial charge is 0.363 e. The van der Waals surface area contributed by atoms with E-state index in [0.29, 0.717) is 11.7 Å². The molecule has 4 heteroatoms. The fourth-order valence-corrected chi connectivity index (χ4v) is 1.26. The highest BCUT2D eigenvalue weighted by Crippen LogP contribution is 2.01. The van der Waals surface area contributed by atoms with Crippen LogP contribution in [0.2, 0.25) is 0 Å². The first-order valence-electron chi connectivity index (χ1n) is 4.98. The van der Waals surface area contributed by atoms with Crippen LogP contribution in [0.15, 0.2) is 24.3 Å². The second-order valence-corrected chi connectivity index (χ2v) is 3.64. The maximum Gasteiger partial charge on any atom is 0.166 e. The monoisotopic (exact) mass is 226 g/mol. The van der Waals surface area contributed by atoms with E-state index in [1.807, 2.05) is 0 Å². The van der Waals surface area contributed by atoms with Crippen LogP contribution in [0.4, 0.5) is 4.39 Å². The van der Waals surface area contributed by atoms with Crippen molar-refractivity contribution in [1.82, 2.24) is 10.6 Å². The summed E-state index contributed by atoms with van der Waals surface area (Å²) in [5.74, 6) is -0.217. The predicted octanol–water partition coefficient (Wildman–Crippen LogP) is 2.20. The van der Waals surface area contributed by atoms with Crippen molar-refractivity contribution >= 4 is 17.3 Å². The molecule has 0 spiro atoms. The molecule has 2 N–H and O–H groups in total. The van der Waals surface area contributed by atoms with Crippen molar-refractivity contribution in [2.45, 2.75) is 19.9 Å². The van der Waals surface area contributed by atoms with Crippen LogP contribution in [0.3, 0.4) is 0 Å². The summed E-state index contributed by atoms with van der Waals surface area (Å²) in [6.07, 6.45) is 1.04. The van der Waals surface area contributed by atoms with Crippen LogP contribution in [0.25, 0.3) is 0 Å². The molecule has 0 aliphatic heterocycles. The maximum atomic E-state index is 12.6. The Morgan fingerprint density at radius 2 is 1.93 bits per heavy atom. The van der Waals surface area contributed by atoms with E-state index in [9.17, 15) is 4.39 Å². The van der Waals surface area contributed by atoms with E-state index >= 15 is 0 Å². The van der Waals surface area contributed by atoms with Gasteiger partial charge in [0.25, 0.3) is 0 Å². The zero-order valence-corrected chi connectivity index (χ0v) is 9.53. The van der Waals surface area contributed by atoms with Gasteiger partial charge in [-0.05, 0) is 36.3 Å². The number of hydrogen-bond donors (Lipinski definition) is 2. The van der Waals surface area contributed by atoms with Crippen LogP contribution in [0, 0.1) is 5.82 Å². The molecular formula is C11H15FN2S. The highest BCUT2D eigenvalue weighted by molar-refractivity contribution is 7.80. The molecule has 0 radical (unpaired) electrons. The van der Waals surface area contributed by atoms with Crippen molar-refractivity contribution in [2.24, 2.45) is 0 Å². The Hall–Kier alpha value is -1.16. The summed E-state index contributed by atoms with van der Waals surface area (Å²) in [4.78, 5) is 0. The minimum Gasteiger partial charge on any atom is -0.363 e. The fourth-order valence-electron chi connectivity index (χ4n) is 1.09. The van der Waals surface area contributed by atoms with Gasteiger partial charge in [-0.2, -0.15) is 0 Å². The molecule has 0 saturated heterocycles. The van der Waals surface area contributed by atoms with Gasteiger partial charge < -0.3 is 10.6 Å². The Morgan fingerprint density at radius 3 is 2.53 bits per heavy atom. The first-order valence-corrected chi connectivity index (χ1v) is 5.39. The van der Waals surface area contributed by atoms with E-state index in [1.54, 1.807) is 12.1 Å². The lowest BCUT2D eigenvalue weighted by Gasteiger charge is -2.09. The van der Waals surface area contributed by atoms with Crippen LogP contribution < -0.4 is 10.6 Å². The van der Waals surface area contributed by atoms with E-state index in [2.05, 4.69) is 17.6 Å². The van der Waals surface area contributed by atoms with E-state index < -0.39 is 0 Å². The summed E-state index contributed by atoms with van der Waals surface area (Å²) in [5, 5.41) is 6.75. The van der Waals surface area contributed by atoms with Crippen LogP contribution in [0.1, 0.15) is 18.9 Å². The molecule has 82 valence electrons. The number of hydrogen-bond acceptors (Lipinski definition) is 1. The zero-order chi connectivity index (χ0) is 11.1. The molecule has 1 aromatic carbocycles. The molecule has 0 aromatic heterocycles. The third-order valence-electron chi connectivity index (χ3n) is 1.90. The average molecular weight is 226 g/mol. The molecule has 0 saturated carbocycles. The lowest BCUT2D eigenvalue weighted by molar-refractivity contribution is 0.626. The number of benzene rings is 1. The third-order valence-corrected chi connectivity index (χ3v) is 2.19. The molecule has 0 atom stereocenters. The molecule has 1 rings (SSSR count). The summed E-state index contributed by atoms with van der Waals surface area (Å²) in [6, 6.07) is 6.37. The molecular weight excluding hydrogens is 211 g/mol. The SMILES string of the molecule is CCCNC(=S)NCc1ccc(F)cc1. The van der Waals surface area contributed by atoms with E-state index in [-0.39, 0.29) is 5.82 Å². The van der Waals surface area contributed by atoms with Crippen molar-refractivity contribution in [3.63, 3.8) is 0 Å². The molecule has 0 fully saturated rings. The van der Waals surface area contributed by atoms with Gasteiger partial charge in [-0.25, -0.2) is 4.39 Å². The Bertz CT molecular complexity index is 311. The van der Waals surface area contributed by atoms with Gasteiger partial charge in [0.05, 0.1) is 0 Å². The Morgan fingerprint density at radius 1 is 1.27 bits per heavy atom. The second-order valence-electron chi connectivity index (χ2n) is 3.24. The first-order chi connectivity index (χ1) is 7.22. The van der Waals surface area contributed by atoms with Crippen LogP contribution in [-0.4, -0.2) is 11.7 Å². The first kappa shape index (κ1) is 11.9. The minimum absolute atomic E-state index is 0.217. The number of rotatable bonds is 4. The molecule has 0 unspecified atom stereocenters. The molecule has 1 aromatic rings. The summed E-state index contributed by atoms with van der Waals surface area (Å²) < 4.78 is 12.6. The summed E-state index contributed by atoms with van der Waals surface area (Å²) in [6.45, 7) is 3.57. The normalized spacial score (nSPS) is 9.73. The van der Waals surface area contributed by atoms with E-state index in [0.717, 1.165) is 18.5 Å². The lowest BCUT2D eigenvalue weighted by Crippen LogP contribution is -2.35.